The molecule has 1 saturated carbocycles. The Morgan fingerprint density at radius 2 is 1.78 bits per heavy atom. The van der Waals surface area contributed by atoms with Gasteiger partial charge in [-0.15, -0.1) is 0 Å². The number of nitrogen functional groups attached to an aromatic ring is 1. The second kappa shape index (κ2) is 5.64. The van der Waals surface area contributed by atoms with Crippen LogP contribution in [0, 0.1) is 11.8 Å². The topological polar surface area (TPSA) is 29.3 Å². The van der Waals surface area contributed by atoms with E-state index in [0.29, 0.717) is 6.04 Å². The van der Waals surface area contributed by atoms with Crippen molar-refractivity contribution in [3.8, 4) is 0 Å². The molecule has 0 aliphatic heterocycles. The number of anilines is 2. The fourth-order valence-electron chi connectivity index (χ4n) is 3.12. The van der Waals surface area contributed by atoms with E-state index >= 15 is 0 Å². The van der Waals surface area contributed by atoms with Crippen molar-refractivity contribution in [2.75, 3.05) is 17.2 Å². The van der Waals surface area contributed by atoms with Crippen LogP contribution in [0.3, 0.4) is 0 Å². The minimum atomic E-state index is 0.699. The predicted octanol–water partition coefficient (Wildman–Crippen LogP) is 3.92. The van der Waals surface area contributed by atoms with Gasteiger partial charge in [-0.2, -0.15) is 0 Å². The van der Waals surface area contributed by atoms with Crippen LogP contribution < -0.4 is 10.6 Å². The maximum absolute atomic E-state index is 5.77. The zero-order valence-electron chi connectivity index (χ0n) is 11.9. The number of hydrogen-bond donors (Lipinski definition) is 1. The first kappa shape index (κ1) is 13.3. The monoisotopic (exact) mass is 246 g/mol. The molecule has 1 fully saturated rings. The minimum Gasteiger partial charge on any atom is -0.399 e. The molecule has 3 unspecified atom stereocenters. The highest BCUT2D eigenvalue weighted by atomic mass is 15.2. The van der Waals surface area contributed by atoms with Crippen LogP contribution in [0.25, 0.3) is 0 Å². The van der Waals surface area contributed by atoms with Gasteiger partial charge in [-0.1, -0.05) is 13.8 Å². The van der Waals surface area contributed by atoms with E-state index < -0.39 is 0 Å². The van der Waals surface area contributed by atoms with Crippen molar-refractivity contribution in [2.45, 2.75) is 46.1 Å². The highest BCUT2D eigenvalue weighted by molar-refractivity contribution is 5.53. The van der Waals surface area contributed by atoms with Crippen LogP contribution in [-0.4, -0.2) is 12.6 Å². The van der Waals surface area contributed by atoms with E-state index in [4.69, 9.17) is 5.73 Å². The molecule has 0 saturated heterocycles. The van der Waals surface area contributed by atoms with E-state index in [-0.39, 0.29) is 0 Å². The highest BCUT2D eigenvalue weighted by Crippen LogP contribution is 2.34. The van der Waals surface area contributed by atoms with Crippen molar-refractivity contribution < 1.29 is 0 Å². The maximum atomic E-state index is 5.77. The lowest BCUT2D eigenvalue weighted by Crippen LogP contribution is -2.40. The van der Waals surface area contributed by atoms with Gasteiger partial charge < -0.3 is 10.6 Å². The van der Waals surface area contributed by atoms with E-state index in [9.17, 15) is 0 Å². The third kappa shape index (κ3) is 2.80. The summed E-state index contributed by atoms with van der Waals surface area (Å²) in [5.74, 6) is 1.72. The molecule has 2 rings (SSSR count). The van der Waals surface area contributed by atoms with Crippen LogP contribution in [0.15, 0.2) is 24.3 Å². The average Bonchev–Trinajstić information content (AvgIpc) is 2.37. The highest BCUT2D eigenvalue weighted by Gasteiger charge is 2.28. The molecular formula is C16H26N2. The Balaban J connectivity index is 2.11. The lowest BCUT2D eigenvalue weighted by molar-refractivity contribution is 0.244. The van der Waals surface area contributed by atoms with Crippen molar-refractivity contribution in [1.82, 2.24) is 0 Å². The molecule has 18 heavy (non-hydrogen) atoms. The van der Waals surface area contributed by atoms with Gasteiger partial charge in [-0.25, -0.2) is 0 Å². The summed E-state index contributed by atoms with van der Waals surface area (Å²) in [6, 6.07) is 9.02. The third-order valence-corrected chi connectivity index (χ3v) is 4.58. The van der Waals surface area contributed by atoms with E-state index in [1.54, 1.807) is 0 Å². The van der Waals surface area contributed by atoms with Gasteiger partial charge >= 0.3 is 0 Å². The van der Waals surface area contributed by atoms with Crippen molar-refractivity contribution >= 4 is 11.4 Å². The van der Waals surface area contributed by atoms with Crippen LogP contribution in [0.1, 0.15) is 40.0 Å². The molecule has 1 aliphatic rings. The molecule has 2 N–H and O–H groups in total. The van der Waals surface area contributed by atoms with Gasteiger partial charge in [0, 0.05) is 24.0 Å². The van der Waals surface area contributed by atoms with Gasteiger partial charge in [0.1, 0.15) is 0 Å². The molecule has 1 aromatic rings. The molecule has 0 bridgehead atoms. The van der Waals surface area contributed by atoms with Gasteiger partial charge in [-0.3, -0.25) is 0 Å². The van der Waals surface area contributed by atoms with Gasteiger partial charge in [0.25, 0.3) is 0 Å². The zero-order chi connectivity index (χ0) is 13.1. The third-order valence-electron chi connectivity index (χ3n) is 4.58. The molecule has 3 atom stereocenters. The minimum absolute atomic E-state index is 0.699. The Morgan fingerprint density at radius 1 is 1.11 bits per heavy atom. The fourth-order valence-corrected chi connectivity index (χ4v) is 3.12. The average molecular weight is 246 g/mol. The fraction of sp³-hybridized carbons (Fsp3) is 0.625. The zero-order valence-corrected chi connectivity index (χ0v) is 11.9. The summed E-state index contributed by atoms with van der Waals surface area (Å²) < 4.78 is 0. The molecule has 0 heterocycles. The molecule has 1 aromatic carbocycles. The van der Waals surface area contributed by atoms with E-state index in [2.05, 4.69) is 37.8 Å². The Bertz CT molecular complexity index is 371. The normalized spacial score (nSPS) is 28.1. The lowest BCUT2D eigenvalue weighted by atomic mass is 9.78. The van der Waals surface area contributed by atoms with Gasteiger partial charge in [0.2, 0.25) is 0 Å². The SMILES string of the molecule is CCN(c1ccc(N)cc1)C1CCC(C)C(C)C1. The summed E-state index contributed by atoms with van der Waals surface area (Å²) in [7, 11) is 0. The van der Waals surface area contributed by atoms with Crippen molar-refractivity contribution in [3.05, 3.63) is 24.3 Å². The van der Waals surface area contributed by atoms with Crippen molar-refractivity contribution in [2.24, 2.45) is 11.8 Å². The standard InChI is InChI=1S/C16H26N2/c1-4-18(15-9-6-14(17)7-10-15)16-8-5-12(2)13(3)11-16/h6-7,9-10,12-13,16H,4-5,8,11,17H2,1-3H3. The first-order chi connectivity index (χ1) is 8.61. The summed E-state index contributed by atoms with van der Waals surface area (Å²) >= 11 is 0. The van der Waals surface area contributed by atoms with Gasteiger partial charge in [-0.05, 0) is 62.3 Å². The van der Waals surface area contributed by atoms with Crippen LogP contribution >= 0.6 is 0 Å². The van der Waals surface area contributed by atoms with Gasteiger partial charge in [0.15, 0.2) is 0 Å². The summed E-state index contributed by atoms with van der Waals surface area (Å²) in [6.45, 7) is 8.11. The summed E-state index contributed by atoms with van der Waals surface area (Å²) in [4.78, 5) is 2.54. The number of benzene rings is 1. The van der Waals surface area contributed by atoms with Crippen LogP contribution in [-0.2, 0) is 0 Å². The molecule has 0 radical (unpaired) electrons. The van der Waals surface area contributed by atoms with Crippen molar-refractivity contribution in [3.63, 3.8) is 0 Å². The number of rotatable bonds is 3. The molecule has 0 amide bonds. The molecule has 0 spiro atoms. The lowest BCUT2D eigenvalue weighted by Gasteiger charge is -2.40. The number of hydrogen-bond acceptors (Lipinski definition) is 2. The van der Waals surface area contributed by atoms with Crippen LogP contribution in [0.5, 0.6) is 0 Å². The molecule has 100 valence electrons. The Hall–Kier alpha value is -1.18. The first-order valence-electron chi connectivity index (χ1n) is 7.24. The summed E-state index contributed by atoms with van der Waals surface area (Å²) in [5.41, 5.74) is 7.93. The Labute approximate surface area is 111 Å². The summed E-state index contributed by atoms with van der Waals surface area (Å²) in [5, 5.41) is 0. The quantitative estimate of drug-likeness (QED) is 0.819. The van der Waals surface area contributed by atoms with E-state index in [0.717, 1.165) is 24.1 Å². The van der Waals surface area contributed by atoms with Crippen molar-refractivity contribution in [1.29, 1.82) is 0 Å². The molecule has 0 aromatic heterocycles. The molecule has 2 heteroatoms. The van der Waals surface area contributed by atoms with E-state index in [1.165, 1.54) is 24.9 Å². The number of nitrogens with two attached hydrogens (primary N) is 1. The predicted molar refractivity (Wildman–Crippen MR) is 79.8 cm³/mol. The smallest absolute Gasteiger partial charge is 0.0370 e. The largest absolute Gasteiger partial charge is 0.399 e. The Kier molecular flexibility index (Phi) is 4.15. The Morgan fingerprint density at radius 3 is 2.33 bits per heavy atom. The summed E-state index contributed by atoms with van der Waals surface area (Å²) in [6.07, 6.45) is 4.00. The van der Waals surface area contributed by atoms with Crippen LogP contribution in [0.4, 0.5) is 11.4 Å². The molecule has 2 nitrogen and oxygen atoms in total. The van der Waals surface area contributed by atoms with Crippen LogP contribution in [0.2, 0.25) is 0 Å². The van der Waals surface area contributed by atoms with E-state index in [1.807, 2.05) is 12.1 Å². The first-order valence-corrected chi connectivity index (χ1v) is 7.24. The second-order valence-electron chi connectivity index (χ2n) is 5.80. The molecule has 1 aliphatic carbocycles. The molecular weight excluding hydrogens is 220 g/mol. The van der Waals surface area contributed by atoms with Gasteiger partial charge in [0.05, 0.1) is 0 Å². The maximum Gasteiger partial charge on any atom is 0.0370 e. The second-order valence-corrected chi connectivity index (χ2v) is 5.80. The number of nitrogens with zero attached hydrogens (tertiary/aromatic N) is 1.